The summed E-state index contributed by atoms with van der Waals surface area (Å²) in [6.45, 7) is 3.27. The quantitative estimate of drug-likeness (QED) is 0.533. The van der Waals surface area contributed by atoms with Gasteiger partial charge in [-0.05, 0) is 50.5 Å². The van der Waals surface area contributed by atoms with E-state index >= 15 is 0 Å². The molecule has 3 aromatic rings. The van der Waals surface area contributed by atoms with Crippen molar-refractivity contribution in [2.24, 2.45) is 5.41 Å². The highest BCUT2D eigenvalue weighted by Crippen LogP contribution is 2.44. The number of rotatable bonds is 6. The minimum Gasteiger partial charge on any atom is -0.485 e. The summed E-state index contributed by atoms with van der Waals surface area (Å²) >= 11 is 0. The number of halogens is 2. The maximum absolute atomic E-state index is 13.9. The van der Waals surface area contributed by atoms with E-state index in [4.69, 9.17) is 4.74 Å². The van der Waals surface area contributed by atoms with Crippen molar-refractivity contribution in [3.8, 4) is 11.8 Å². The second-order valence-corrected chi connectivity index (χ2v) is 7.96. The second-order valence-electron chi connectivity index (χ2n) is 7.96. The van der Waals surface area contributed by atoms with Gasteiger partial charge in [0.15, 0.2) is 17.2 Å². The third kappa shape index (κ3) is 3.43. The number of fused-ring (bicyclic) bond motifs is 1. The number of pyridine rings is 1. The number of Topliss-reactive ketones (excluding diaryl/α,β-unsaturated/α-hetero) is 1. The Labute approximate surface area is 172 Å². The van der Waals surface area contributed by atoms with Crippen molar-refractivity contribution in [3.05, 3.63) is 64.6 Å². The highest BCUT2D eigenvalue weighted by molar-refractivity contribution is 5.97. The maximum atomic E-state index is 13.9. The molecular weight excluding hydrogens is 388 g/mol. The predicted molar refractivity (Wildman–Crippen MR) is 106 cm³/mol. The topological polar surface area (TPSA) is 67.4 Å². The average molecular weight is 409 g/mol. The molecular formula is C23H21F2N3O2. The molecule has 1 aliphatic carbocycles. The zero-order valence-corrected chi connectivity index (χ0v) is 16.8. The van der Waals surface area contributed by atoms with Crippen LogP contribution in [-0.4, -0.2) is 15.2 Å². The van der Waals surface area contributed by atoms with E-state index in [-0.39, 0.29) is 24.4 Å². The Bertz CT molecular complexity index is 1170. The molecule has 0 spiro atoms. The molecule has 1 saturated carbocycles. The Balaban J connectivity index is 1.69. The van der Waals surface area contributed by atoms with E-state index < -0.39 is 17.0 Å². The fraction of sp³-hybridized carbons (Fsp3) is 0.348. The summed E-state index contributed by atoms with van der Waals surface area (Å²) in [4.78, 5) is 17.5. The number of carbonyl (C=O) groups is 1. The number of hydrogen-bond acceptors (Lipinski definition) is 4. The number of aryl methyl sites for hydroxylation is 2. The highest BCUT2D eigenvalue weighted by atomic mass is 19.1. The second kappa shape index (κ2) is 7.52. The lowest BCUT2D eigenvalue weighted by molar-refractivity contribution is 0.0874. The van der Waals surface area contributed by atoms with Crippen LogP contribution in [0.15, 0.2) is 30.5 Å². The predicted octanol–water partition coefficient (Wildman–Crippen LogP) is 5.08. The monoisotopic (exact) mass is 409 g/mol. The van der Waals surface area contributed by atoms with Gasteiger partial charge in [0, 0.05) is 12.6 Å². The number of nitrogens with zero attached hydrogens (tertiary/aromatic N) is 3. The number of imidazole rings is 1. The normalized spacial score (nSPS) is 14.9. The molecule has 1 aromatic carbocycles. The molecule has 1 aliphatic rings. The van der Waals surface area contributed by atoms with E-state index in [9.17, 15) is 18.8 Å². The first-order chi connectivity index (χ1) is 14.3. The summed E-state index contributed by atoms with van der Waals surface area (Å²) in [5.74, 6) is -1.18. The molecule has 0 N–H and O–H groups in total. The molecule has 1 fully saturated rings. The van der Waals surface area contributed by atoms with Crippen molar-refractivity contribution in [2.75, 3.05) is 0 Å². The van der Waals surface area contributed by atoms with Crippen LogP contribution in [0.1, 0.15) is 53.0 Å². The Morgan fingerprint density at radius 2 is 2.00 bits per heavy atom. The molecule has 7 heteroatoms. The van der Waals surface area contributed by atoms with Crippen molar-refractivity contribution in [1.29, 1.82) is 5.26 Å². The Morgan fingerprint density at radius 1 is 1.30 bits per heavy atom. The summed E-state index contributed by atoms with van der Waals surface area (Å²) in [6.07, 6.45) is 4.34. The summed E-state index contributed by atoms with van der Waals surface area (Å²) in [5, 5.41) is 9.47. The first-order valence-corrected chi connectivity index (χ1v) is 9.83. The van der Waals surface area contributed by atoms with Gasteiger partial charge in [0.05, 0.1) is 22.7 Å². The average Bonchev–Trinajstić information content (AvgIpc) is 3.00. The van der Waals surface area contributed by atoms with E-state index in [0.29, 0.717) is 22.8 Å². The van der Waals surface area contributed by atoms with Crippen molar-refractivity contribution in [1.82, 2.24) is 9.38 Å². The number of aromatic nitrogens is 2. The summed E-state index contributed by atoms with van der Waals surface area (Å²) < 4.78 is 35.3. The fourth-order valence-corrected chi connectivity index (χ4v) is 3.94. The third-order valence-electron chi connectivity index (χ3n) is 5.74. The van der Waals surface area contributed by atoms with Crippen LogP contribution in [0.5, 0.6) is 5.75 Å². The summed E-state index contributed by atoms with van der Waals surface area (Å²) in [6, 6.07) is 7.67. The minimum atomic E-state index is -0.684. The number of hydrogen-bond donors (Lipinski definition) is 0. The first-order valence-electron chi connectivity index (χ1n) is 9.83. The van der Waals surface area contributed by atoms with Crippen LogP contribution in [-0.2, 0) is 6.61 Å². The maximum Gasteiger partial charge on any atom is 0.183 e. The zero-order chi connectivity index (χ0) is 21.5. The van der Waals surface area contributed by atoms with Crippen LogP contribution in [0.25, 0.3) is 5.65 Å². The van der Waals surface area contributed by atoms with Crippen molar-refractivity contribution >= 4 is 11.4 Å². The smallest absolute Gasteiger partial charge is 0.183 e. The SMILES string of the molecule is Cc1cc(OCc2c(F)cccc2F)c2nc(C)c(C(=O)CC3(C#N)CCC3)n2c1. The van der Waals surface area contributed by atoms with Crippen molar-refractivity contribution in [2.45, 2.75) is 46.1 Å². The molecule has 2 aromatic heterocycles. The molecule has 5 nitrogen and oxygen atoms in total. The standard InChI is InChI=1S/C23H21F2N3O2/c1-14-9-20(30-12-16-17(24)5-3-6-18(16)25)22-27-15(2)21(28(22)11-14)19(29)10-23(13-26)7-4-8-23/h3,5-6,9,11H,4,7-8,10,12H2,1-2H3. The number of carbonyl (C=O) groups excluding carboxylic acids is 1. The van der Waals surface area contributed by atoms with Crippen LogP contribution in [0.3, 0.4) is 0 Å². The van der Waals surface area contributed by atoms with Gasteiger partial charge in [-0.3, -0.25) is 9.20 Å². The molecule has 0 unspecified atom stereocenters. The van der Waals surface area contributed by atoms with E-state index in [1.54, 1.807) is 23.6 Å². The van der Waals surface area contributed by atoms with Crippen LogP contribution >= 0.6 is 0 Å². The summed E-state index contributed by atoms with van der Waals surface area (Å²) in [7, 11) is 0. The molecule has 0 aliphatic heterocycles. The van der Waals surface area contributed by atoms with Gasteiger partial charge in [0.2, 0.25) is 0 Å². The number of ether oxygens (including phenoxy) is 1. The van der Waals surface area contributed by atoms with Gasteiger partial charge in [-0.15, -0.1) is 0 Å². The molecule has 30 heavy (non-hydrogen) atoms. The molecule has 0 saturated heterocycles. The highest BCUT2D eigenvalue weighted by Gasteiger charge is 2.40. The van der Waals surface area contributed by atoms with Crippen molar-refractivity contribution in [3.63, 3.8) is 0 Å². The third-order valence-corrected chi connectivity index (χ3v) is 5.74. The lowest BCUT2D eigenvalue weighted by Gasteiger charge is -2.34. The van der Waals surface area contributed by atoms with Gasteiger partial charge >= 0.3 is 0 Å². The summed E-state index contributed by atoms with van der Waals surface area (Å²) in [5.41, 5.74) is 1.39. The van der Waals surface area contributed by atoms with Gasteiger partial charge in [0.1, 0.15) is 23.9 Å². The molecule has 0 radical (unpaired) electrons. The Morgan fingerprint density at radius 3 is 2.60 bits per heavy atom. The van der Waals surface area contributed by atoms with Gasteiger partial charge in [-0.1, -0.05) is 12.5 Å². The van der Waals surface area contributed by atoms with Crippen LogP contribution in [0, 0.1) is 42.2 Å². The Kier molecular flexibility index (Phi) is 5.02. The van der Waals surface area contributed by atoms with Crippen LogP contribution in [0.4, 0.5) is 8.78 Å². The molecule has 0 amide bonds. The number of ketones is 1. The molecule has 4 rings (SSSR count). The fourth-order valence-electron chi connectivity index (χ4n) is 3.94. The van der Waals surface area contributed by atoms with E-state index in [1.807, 2.05) is 6.92 Å². The molecule has 0 bridgehead atoms. The Hall–Kier alpha value is -3.27. The van der Waals surface area contributed by atoms with Gasteiger partial charge < -0.3 is 4.74 Å². The molecule has 154 valence electrons. The first kappa shape index (κ1) is 20.0. The molecule has 0 atom stereocenters. The van der Waals surface area contributed by atoms with Crippen molar-refractivity contribution < 1.29 is 18.3 Å². The van der Waals surface area contributed by atoms with Crippen LogP contribution < -0.4 is 4.74 Å². The van der Waals surface area contributed by atoms with E-state index in [1.165, 1.54) is 18.2 Å². The zero-order valence-electron chi connectivity index (χ0n) is 16.8. The van der Waals surface area contributed by atoms with Gasteiger partial charge in [-0.25, -0.2) is 13.8 Å². The minimum absolute atomic E-state index is 0.141. The lowest BCUT2D eigenvalue weighted by atomic mass is 9.67. The number of nitriles is 1. The van der Waals surface area contributed by atoms with Gasteiger partial charge in [0.25, 0.3) is 0 Å². The largest absolute Gasteiger partial charge is 0.485 e. The molecule has 2 heterocycles. The van der Waals surface area contributed by atoms with E-state index in [0.717, 1.165) is 24.8 Å². The van der Waals surface area contributed by atoms with E-state index in [2.05, 4.69) is 11.1 Å². The lowest BCUT2D eigenvalue weighted by Crippen LogP contribution is -2.30. The van der Waals surface area contributed by atoms with Crippen LogP contribution in [0.2, 0.25) is 0 Å². The number of benzene rings is 1. The van der Waals surface area contributed by atoms with Gasteiger partial charge in [-0.2, -0.15) is 5.26 Å².